The molecule has 0 bridgehead atoms. The zero-order valence-electron chi connectivity index (χ0n) is 13.6. The van der Waals surface area contributed by atoms with E-state index < -0.39 is 0 Å². The van der Waals surface area contributed by atoms with Gasteiger partial charge in [0.15, 0.2) is 0 Å². The summed E-state index contributed by atoms with van der Waals surface area (Å²) >= 11 is 0. The maximum atomic E-state index is 13.8. The van der Waals surface area contributed by atoms with Crippen LogP contribution in [0, 0.1) is 5.82 Å². The Balaban J connectivity index is 1.63. The summed E-state index contributed by atoms with van der Waals surface area (Å²) in [6.07, 6.45) is 0. The summed E-state index contributed by atoms with van der Waals surface area (Å²) in [4.78, 5) is 15.8. The van der Waals surface area contributed by atoms with Crippen LogP contribution in [0.1, 0.15) is 0 Å². The quantitative estimate of drug-likeness (QED) is 0.732. The van der Waals surface area contributed by atoms with Gasteiger partial charge >= 0.3 is 6.03 Å². The van der Waals surface area contributed by atoms with Crippen molar-refractivity contribution >= 4 is 11.7 Å². The first-order chi connectivity index (χ1) is 11.2. The lowest BCUT2D eigenvalue weighted by molar-refractivity contribution is 0.195. The molecule has 1 heterocycles. The molecular weight excluding hydrogens is 299 g/mol. The van der Waals surface area contributed by atoms with E-state index in [1.165, 1.54) is 6.07 Å². The lowest BCUT2D eigenvalue weighted by Crippen LogP contribution is -2.49. The average molecular weight is 324 g/mol. The van der Waals surface area contributed by atoms with Gasteiger partial charge in [0.2, 0.25) is 0 Å². The Kier molecular flexibility index (Phi) is 7.09. The van der Waals surface area contributed by atoms with Crippen molar-refractivity contribution < 1.29 is 13.9 Å². The Morgan fingerprint density at radius 1 is 1.17 bits per heavy atom. The Bertz CT molecular complexity index is 493. The highest BCUT2D eigenvalue weighted by Crippen LogP contribution is 2.19. The van der Waals surface area contributed by atoms with Gasteiger partial charge in [-0.3, -0.25) is 4.90 Å². The molecule has 2 N–H and O–H groups in total. The number of anilines is 1. The first-order valence-electron chi connectivity index (χ1n) is 7.93. The van der Waals surface area contributed by atoms with E-state index in [1.54, 1.807) is 13.2 Å². The van der Waals surface area contributed by atoms with Crippen molar-refractivity contribution in [1.29, 1.82) is 0 Å². The number of para-hydroxylation sites is 1. The second kappa shape index (κ2) is 9.32. The number of amides is 2. The summed E-state index contributed by atoms with van der Waals surface area (Å²) in [5, 5.41) is 5.53. The molecule has 1 aliphatic rings. The van der Waals surface area contributed by atoms with E-state index >= 15 is 0 Å². The highest BCUT2D eigenvalue weighted by Gasteiger charge is 2.18. The summed E-state index contributed by atoms with van der Waals surface area (Å²) in [5.41, 5.74) is 0.669. The number of rotatable bonds is 7. The number of methoxy groups -OCH3 is 1. The Hall–Kier alpha value is -1.86. The number of nitrogens with zero attached hydrogens (tertiary/aromatic N) is 2. The second-order valence-corrected chi connectivity index (χ2v) is 5.46. The fourth-order valence-corrected chi connectivity index (χ4v) is 2.58. The lowest BCUT2D eigenvalue weighted by Gasteiger charge is -2.36. The van der Waals surface area contributed by atoms with Crippen LogP contribution in [0.5, 0.6) is 0 Å². The van der Waals surface area contributed by atoms with Crippen molar-refractivity contribution in [1.82, 2.24) is 15.5 Å². The van der Waals surface area contributed by atoms with E-state index in [9.17, 15) is 9.18 Å². The van der Waals surface area contributed by atoms with Crippen LogP contribution in [0.2, 0.25) is 0 Å². The topological polar surface area (TPSA) is 56.8 Å². The number of piperazine rings is 1. The largest absolute Gasteiger partial charge is 0.383 e. The van der Waals surface area contributed by atoms with Crippen LogP contribution in [-0.4, -0.2) is 70.5 Å². The van der Waals surface area contributed by atoms with Gasteiger partial charge in [-0.2, -0.15) is 0 Å². The maximum absolute atomic E-state index is 13.8. The van der Waals surface area contributed by atoms with Gasteiger partial charge in [0.1, 0.15) is 5.82 Å². The van der Waals surface area contributed by atoms with Crippen LogP contribution in [0.4, 0.5) is 14.9 Å². The predicted octanol–water partition coefficient (Wildman–Crippen LogP) is 0.893. The first kappa shape index (κ1) is 17.5. The number of hydrogen-bond acceptors (Lipinski definition) is 4. The minimum Gasteiger partial charge on any atom is -0.383 e. The zero-order valence-corrected chi connectivity index (χ0v) is 13.6. The maximum Gasteiger partial charge on any atom is 0.314 e. The van der Waals surface area contributed by atoms with Gasteiger partial charge in [0.05, 0.1) is 12.3 Å². The SMILES string of the molecule is COCCNC(=O)NCCN1CCN(c2ccccc2F)CC1. The van der Waals surface area contributed by atoms with Crippen LogP contribution >= 0.6 is 0 Å². The summed E-state index contributed by atoms with van der Waals surface area (Å²) in [6.45, 7) is 5.71. The van der Waals surface area contributed by atoms with Crippen molar-refractivity contribution in [3.05, 3.63) is 30.1 Å². The third kappa shape index (κ3) is 5.69. The molecule has 128 valence electrons. The normalized spacial score (nSPS) is 15.5. The van der Waals surface area contributed by atoms with Crippen molar-refractivity contribution in [3.8, 4) is 0 Å². The van der Waals surface area contributed by atoms with E-state index in [2.05, 4.69) is 20.4 Å². The molecule has 0 unspecified atom stereocenters. The number of carbonyl (C=O) groups is 1. The third-order valence-corrected chi connectivity index (χ3v) is 3.87. The fourth-order valence-electron chi connectivity index (χ4n) is 2.58. The van der Waals surface area contributed by atoms with Crippen molar-refractivity contribution in [2.75, 3.05) is 64.4 Å². The van der Waals surface area contributed by atoms with Crippen molar-refractivity contribution in [3.63, 3.8) is 0 Å². The fraction of sp³-hybridized carbons (Fsp3) is 0.562. The molecule has 6 nitrogen and oxygen atoms in total. The molecule has 7 heteroatoms. The minimum atomic E-state index is -0.174. The molecule has 0 atom stereocenters. The molecule has 1 saturated heterocycles. The van der Waals surface area contributed by atoms with E-state index in [4.69, 9.17) is 4.74 Å². The summed E-state index contributed by atoms with van der Waals surface area (Å²) in [7, 11) is 1.60. The van der Waals surface area contributed by atoms with Crippen molar-refractivity contribution in [2.24, 2.45) is 0 Å². The molecule has 1 aliphatic heterocycles. The van der Waals surface area contributed by atoms with Crippen LogP contribution in [0.3, 0.4) is 0 Å². The highest BCUT2D eigenvalue weighted by atomic mass is 19.1. The second-order valence-electron chi connectivity index (χ2n) is 5.46. The number of carbonyl (C=O) groups excluding carboxylic acids is 1. The standard InChI is InChI=1S/C16H25FN4O2/c1-23-13-7-19-16(22)18-6-8-20-9-11-21(12-10-20)15-5-3-2-4-14(15)17/h2-5H,6-13H2,1H3,(H2,18,19,22). The van der Waals surface area contributed by atoms with Gasteiger partial charge < -0.3 is 20.3 Å². The zero-order chi connectivity index (χ0) is 16.5. The smallest absolute Gasteiger partial charge is 0.314 e. The van der Waals surface area contributed by atoms with Crippen LogP contribution in [0.25, 0.3) is 0 Å². The van der Waals surface area contributed by atoms with Gasteiger partial charge in [0, 0.05) is 52.9 Å². The molecule has 1 fully saturated rings. The molecule has 23 heavy (non-hydrogen) atoms. The molecular formula is C16H25FN4O2. The molecule has 0 aromatic heterocycles. The van der Waals surface area contributed by atoms with E-state index in [1.807, 2.05) is 12.1 Å². The molecule has 1 aromatic carbocycles. The molecule has 0 saturated carbocycles. The van der Waals surface area contributed by atoms with Crippen LogP contribution in [-0.2, 0) is 4.74 Å². The van der Waals surface area contributed by atoms with E-state index in [-0.39, 0.29) is 11.8 Å². The van der Waals surface area contributed by atoms with Gasteiger partial charge in [-0.05, 0) is 12.1 Å². The summed E-state index contributed by atoms with van der Waals surface area (Å²) < 4.78 is 18.6. The number of benzene rings is 1. The Labute approximate surface area is 136 Å². The average Bonchev–Trinajstić information content (AvgIpc) is 2.56. The molecule has 1 aromatic rings. The minimum absolute atomic E-state index is 0.171. The molecule has 2 amide bonds. The predicted molar refractivity (Wildman–Crippen MR) is 88.3 cm³/mol. The van der Waals surface area contributed by atoms with Gasteiger partial charge in [-0.25, -0.2) is 9.18 Å². The van der Waals surface area contributed by atoms with Crippen LogP contribution < -0.4 is 15.5 Å². The summed E-state index contributed by atoms with van der Waals surface area (Å²) in [5.74, 6) is -0.171. The van der Waals surface area contributed by atoms with E-state index in [0.29, 0.717) is 25.4 Å². The highest BCUT2D eigenvalue weighted by molar-refractivity contribution is 5.73. The van der Waals surface area contributed by atoms with E-state index in [0.717, 1.165) is 32.7 Å². The summed E-state index contributed by atoms with van der Waals surface area (Å²) in [6, 6.07) is 6.70. The third-order valence-electron chi connectivity index (χ3n) is 3.87. The number of ether oxygens (including phenoxy) is 1. The van der Waals surface area contributed by atoms with Gasteiger partial charge in [-0.15, -0.1) is 0 Å². The number of nitrogens with one attached hydrogen (secondary N) is 2. The lowest BCUT2D eigenvalue weighted by atomic mass is 10.2. The molecule has 0 radical (unpaired) electrons. The molecule has 0 spiro atoms. The number of hydrogen-bond donors (Lipinski definition) is 2. The van der Waals surface area contributed by atoms with Gasteiger partial charge in [0.25, 0.3) is 0 Å². The Morgan fingerprint density at radius 2 is 1.87 bits per heavy atom. The molecule has 0 aliphatic carbocycles. The van der Waals surface area contributed by atoms with Crippen molar-refractivity contribution in [2.45, 2.75) is 0 Å². The number of halogens is 1. The van der Waals surface area contributed by atoms with Gasteiger partial charge in [-0.1, -0.05) is 12.1 Å². The van der Waals surface area contributed by atoms with Crippen LogP contribution in [0.15, 0.2) is 24.3 Å². The monoisotopic (exact) mass is 324 g/mol. The Morgan fingerprint density at radius 3 is 2.57 bits per heavy atom. The number of urea groups is 1. The first-order valence-corrected chi connectivity index (χ1v) is 7.93. The molecule has 2 rings (SSSR count).